The SMILES string of the molecule is C[C@H]1C[C@@H](N)CN(c2ccc(C(F)F)c3c2NCC=N3)C1. The van der Waals surface area contributed by atoms with E-state index in [1.807, 2.05) is 0 Å². The molecule has 4 nitrogen and oxygen atoms in total. The van der Waals surface area contributed by atoms with E-state index in [0.717, 1.165) is 25.2 Å². The van der Waals surface area contributed by atoms with Crippen LogP contribution in [0.4, 0.5) is 25.8 Å². The predicted octanol–water partition coefficient (Wildman–Crippen LogP) is 2.93. The minimum absolute atomic E-state index is 0.0217. The van der Waals surface area contributed by atoms with Gasteiger partial charge >= 0.3 is 0 Å². The van der Waals surface area contributed by atoms with Crippen molar-refractivity contribution in [3.05, 3.63) is 17.7 Å². The average Bonchev–Trinajstić information content (AvgIpc) is 2.44. The van der Waals surface area contributed by atoms with Crippen molar-refractivity contribution in [2.24, 2.45) is 16.6 Å². The van der Waals surface area contributed by atoms with Gasteiger partial charge in [-0.05, 0) is 24.5 Å². The van der Waals surface area contributed by atoms with Crippen LogP contribution in [0, 0.1) is 5.92 Å². The molecule has 0 radical (unpaired) electrons. The van der Waals surface area contributed by atoms with Gasteiger partial charge in [0.2, 0.25) is 0 Å². The van der Waals surface area contributed by atoms with Crippen molar-refractivity contribution in [3.8, 4) is 0 Å². The summed E-state index contributed by atoms with van der Waals surface area (Å²) in [5.74, 6) is 0.492. The van der Waals surface area contributed by atoms with E-state index in [-0.39, 0.29) is 11.6 Å². The van der Waals surface area contributed by atoms with Crippen molar-refractivity contribution in [1.82, 2.24) is 0 Å². The largest absolute Gasteiger partial charge is 0.377 e. The van der Waals surface area contributed by atoms with Crippen LogP contribution in [0.3, 0.4) is 0 Å². The van der Waals surface area contributed by atoms with Crippen LogP contribution in [0.5, 0.6) is 0 Å². The first-order chi connectivity index (χ1) is 10.1. The van der Waals surface area contributed by atoms with Crippen molar-refractivity contribution in [2.45, 2.75) is 25.8 Å². The molecule has 1 fully saturated rings. The first kappa shape index (κ1) is 14.3. The summed E-state index contributed by atoms with van der Waals surface area (Å²) in [4.78, 5) is 6.36. The highest BCUT2D eigenvalue weighted by Crippen LogP contribution is 2.43. The highest BCUT2D eigenvalue weighted by molar-refractivity contribution is 5.90. The van der Waals surface area contributed by atoms with Crippen molar-refractivity contribution in [3.63, 3.8) is 0 Å². The number of alkyl halides is 2. The maximum atomic E-state index is 13.1. The number of nitrogens with one attached hydrogen (secondary N) is 1. The molecule has 0 bridgehead atoms. The highest BCUT2D eigenvalue weighted by Gasteiger charge is 2.27. The zero-order valence-electron chi connectivity index (χ0n) is 12.0. The molecule has 2 aliphatic rings. The third-order valence-electron chi connectivity index (χ3n) is 4.05. The van der Waals surface area contributed by atoms with Gasteiger partial charge in [-0.1, -0.05) is 6.92 Å². The number of nitrogens with two attached hydrogens (primary N) is 1. The van der Waals surface area contributed by atoms with E-state index in [0.29, 0.717) is 23.8 Å². The van der Waals surface area contributed by atoms with Crippen LogP contribution in [0.25, 0.3) is 0 Å². The van der Waals surface area contributed by atoms with Gasteiger partial charge in [0.05, 0.1) is 23.6 Å². The van der Waals surface area contributed by atoms with Gasteiger partial charge in [0.25, 0.3) is 6.43 Å². The van der Waals surface area contributed by atoms with E-state index in [4.69, 9.17) is 5.73 Å². The molecule has 0 saturated carbocycles. The van der Waals surface area contributed by atoms with Crippen LogP contribution in [0.1, 0.15) is 25.3 Å². The highest BCUT2D eigenvalue weighted by atomic mass is 19.3. The molecule has 2 aliphatic heterocycles. The van der Waals surface area contributed by atoms with Gasteiger partial charge in [0.1, 0.15) is 0 Å². The summed E-state index contributed by atoms with van der Waals surface area (Å²) in [6.07, 6.45) is 0.106. The minimum Gasteiger partial charge on any atom is -0.377 e. The molecule has 3 rings (SSSR count). The van der Waals surface area contributed by atoms with E-state index in [9.17, 15) is 8.78 Å². The summed E-state index contributed by atoms with van der Waals surface area (Å²) in [7, 11) is 0. The van der Waals surface area contributed by atoms with E-state index in [1.165, 1.54) is 6.07 Å². The number of anilines is 2. The summed E-state index contributed by atoms with van der Waals surface area (Å²) in [5.41, 5.74) is 8.06. The third kappa shape index (κ3) is 2.72. The first-order valence-electron chi connectivity index (χ1n) is 7.28. The lowest BCUT2D eigenvalue weighted by Crippen LogP contribution is -2.46. The zero-order valence-corrected chi connectivity index (χ0v) is 12.0. The molecule has 0 amide bonds. The molecule has 2 atom stereocenters. The summed E-state index contributed by atoms with van der Waals surface area (Å²) < 4.78 is 26.2. The molecule has 6 heteroatoms. The van der Waals surface area contributed by atoms with Gasteiger partial charge in [-0.3, -0.25) is 4.99 Å². The Kier molecular flexibility index (Phi) is 3.80. The second-order valence-corrected chi connectivity index (χ2v) is 5.90. The standard InChI is InChI=1S/C15H20F2N4/c1-9-6-10(18)8-21(7-9)12-3-2-11(15(16)17)13-14(12)20-5-4-19-13/h2-4,9-10,15,20H,5-8,18H2,1H3/t9-,10+/m0/s1. The molecule has 0 aromatic heterocycles. The summed E-state index contributed by atoms with van der Waals surface area (Å²) >= 11 is 0. The Balaban J connectivity index is 2.02. The number of rotatable bonds is 2. The van der Waals surface area contributed by atoms with Gasteiger partial charge in [-0.2, -0.15) is 0 Å². The van der Waals surface area contributed by atoms with Crippen LogP contribution >= 0.6 is 0 Å². The normalized spacial score (nSPS) is 24.9. The van der Waals surface area contributed by atoms with Gasteiger partial charge < -0.3 is 16.0 Å². The predicted molar refractivity (Wildman–Crippen MR) is 82.0 cm³/mol. The van der Waals surface area contributed by atoms with Crippen molar-refractivity contribution >= 4 is 23.3 Å². The topological polar surface area (TPSA) is 53.6 Å². The van der Waals surface area contributed by atoms with Crippen LogP contribution < -0.4 is 16.0 Å². The second kappa shape index (κ2) is 5.60. The molecule has 2 heterocycles. The quantitative estimate of drug-likeness (QED) is 0.882. The Morgan fingerprint density at radius 3 is 2.90 bits per heavy atom. The van der Waals surface area contributed by atoms with Gasteiger partial charge in [-0.15, -0.1) is 0 Å². The molecule has 3 N–H and O–H groups in total. The molecule has 21 heavy (non-hydrogen) atoms. The molecule has 1 saturated heterocycles. The smallest absolute Gasteiger partial charge is 0.266 e. The Morgan fingerprint density at radius 1 is 1.38 bits per heavy atom. The molecular weight excluding hydrogens is 274 g/mol. The van der Waals surface area contributed by atoms with Gasteiger partial charge in [0, 0.05) is 30.9 Å². The third-order valence-corrected chi connectivity index (χ3v) is 4.05. The van der Waals surface area contributed by atoms with Crippen molar-refractivity contribution in [2.75, 3.05) is 29.9 Å². The number of hydrogen-bond donors (Lipinski definition) is 2. The number of fused-ring (bicyclic) bond motifs is 1. The molecule has 114 valence electrons. The lowest BCUT2D eigenvalue weighted by atomic mass is 9.95. The lowest BCUT2D eigenvalue weighted by Gasteiger charge is -2.38. The number of nitrogens with zero attached hydrogens (tertiary/aromatic N) is 2. The van der Waals surface area contributed by atoms with Crippen LogP contribution in [0.2, 0.25) is 0 Å². The number of piperidine rings is 1. The summed E-state index contributed by atoms with van der Waals surface area (Å²) in [6, 6.07) is 3.36. The fourth-order valence-corrected chi connectivity index (χ4v) is 3.23. The van der Waals surface area contributed by atoms with Crippen molar-refractivity contribution in [1.29, 1.82) is 0 Å². The number of benzene rings is 1. The lowest BCUT2D eigenvalue weighted by molar-refractivity contribution is 0.152. The number of halogens is 2. The summed E-state index contributed by atoms with van der Waals surface area (Å²) in [5, 5.41) is 3.19. The summed E-state index contributed by atoms with van der Waals surface area (Å²) in [6.45, 7) is 4.36. The Hall–Kier alpha value is -1.69. The number of hydrogen-bond acceptors (Lipinski definition) is 4. The molecule has 0 unspecified atom stereocenters. The first-order valence-corrected chi connectivity index (χ1v) is 7.28. The van der Waals surface area contributed by atoms with Gasteiger partial charge in [-0.25, -0.2) is 8.78 Å². The van der Waals surface area contributed by atoms with E-state index in [1.54, 1.807) is 12.3 Å². The number of aliphatic imine (C=N–C) groups is 1. The maximum absolute atomic E-state index is 13.1. The van der Waals surface area contributed by atoms with E-state index < -0.39 is 6.43 Å². The maximum Gasteiger partial charge on any atom is 0.266 e. The molecular formula is C15H20F2N4. The van der Waals surface area contributed by atoms with E-state index >= 15 is 0 Å². The Labute approximate surface area is 123 Å². The van der Waals surface area contributed by atoms with Crippen LogP contribution in [-0.4, -0.2) is 31.9 Å². The zero-order chi connectivity index (χ0) is 15.0. The molecule has 0 spiro atoms. The average molecular weight is 294 g/mol. The second-order valence-electron chi connectivity index (χ2n) is 5.90. The Morgan fingerprint density at radius 2 is 2.19 bits per heavy atom. The van der Waals surface area contributed by atoms with E-state index in [2.05, 4.69) is 22.1 Å². The van der Waals surface area contributed by atoms with Gasteiger partial charge in [0.15, 0.2) is 0 Å². The Bertz CT molecular complexity index is 549. The molecule has 0 aliphatic carbocycles. The van der Waals surface area contributed by atoms with Crippen molar-refractivity contribution < 1.29 is 8.78 Å². The monoisotopic (exact) mass is 294 g/mol. The molecule has 1 aromatic rings. The van der Waals surface area contributed by atoms with Crippen LogP contribution in [0.15, 0.2) is 17.1 Å². The van der Waals surface area contributed by atoms with Crippen LogP contribution in [-0.2, 0) is 0 Å². The fraction of sp³-hybridized carbons (Fsp3) is 0.533. The fourth-order valence-electron chi connectivity index (χ4n) is 3.23. The molecule has 1 aromatic carbocycles. The minimum atomic E-state index is -2.52.